The summed E-state index contributed by atoms with van der Waals surface area (Å²) in [6.45, 7) is 5.71. The number of carboxylic acid groups (broad SMARTS) is 1. The topological polar surface area (TPSA) is 66.4 Å². The lowest BCUT2D eigenvalue weighted by Gasteiger charge is -2.25. The minimum atomic E-state index is -0.845. The molecule has 0 bridgehead atoms. The molecule has 0 fully saturated rings. The monoisotopic (exact) mass is 355 g/mol. The maximum absolute atomic E-state index is 12.0. The summed E-state index contributed by atoms with van der Waals surface area (Å²) in [7, 11) is 0. The second kappa shape index (κ2) is 7.59. The quantitative estimate of drug-likeness (QED) is 0.786. The molecule has 0 heterocycles. The molecule has 21 heavy (non-hydrogen) atoms. The fourth-order valence-corrected chi connectivity index (χ4v) is 2.29. The highest BCUT2D eigenvalue weighted by atomic mass is 79.9. The highest BCUT2D eigenvalue weighted by Crippen LogP contribution is 2.18. The predicted molar refractivity (Wildman–Crippen MR) is 86.3 cm³/mol. The summed E-state index contributed by atoms with van der Waals surface area (Å²) in [5.41, 5.74) is 1.77. The second-order valence-corrected chi connectivity index (χ2v) is 6.76. The average Bonchev–Trinajstić information content (AvgIpc) is 2.37. The SMILES string of the molecule is Cc1cc(CCC(=O)NC(C)(C)CCC(=O)O)ccc1Br. The van der Waals surface area contributed by atoms with Crippen molar-refractivity contribution in [3.8, 4) is 0 Å². The van der Waals surface area contributed by atoms with Gasteiger partial charge in [-0.2, -0.15) is 0 Å². The fourth-order valence-electron chi connectivity index (χ4n) is 2.04. The molecule has 0 aliphatic rings. The molecule has 0 radical (unpaired) electrons. The Balaban J connectivity index is 2.46. The van der Waals surface area contributed by atoms with Crippen LogP contribution in [-0.2, 0) is 16.0 Å². The fraction of sp³-hybridized carbons (Fsp3) is 0.500. The minimum absolute atomic E-state index is 0.0500. The van der Waals surface area contributed by atoms with Crippen LogP contribution in [0, 0.1) is 6.92 Å². The summed E-state index contributed by atoms with van der Waals surface area (Å²) in [6.07, 6.45) is 1.55. The van der Waals surface area contributed by atoms with Gasteiger partial charge in [0.05, 0.1) is 0 Å². The van der Waals surface area contributed by atoms with Crippen molar-refractivity contribution < 1.29 is 14.7 Å². The van der Waals surface area contributed by atoms with Crippen LogP contribution in [0.2, 0.25) is 0 Å². The highest BCUT2D eigenvalue weighted by molar-refractivity contribution is 9.10. The maximum Gasteiger partial charge on any atom is 0.303 e. The number of aliphatic carboxylic acids is 1. The molecule has 4 nitrogen and oxygen atoms in total. The zero-order valence-electron chi connectivity index (χ0n) is 12.7. The van der Waals surface area contributed by atoms with Crippen molar-refractivity contribution in [3.05, 3.63) is 33.8 Å². The molecule has 2 N–H and O–H groups in total. The van der Waals surface area contributed by atoms with Crippen LogP contribution in [0.15, 0.2) is 22.7 Å². The Morgan fingerprint density at radius 1 is 1.29 bits per heavy atom. The van der Waals surface area contributed by atoms with Gasteiger partial charge in [0.25, 0.3) is 0 Å². The number of carboxylic acids is 1. The van der Waals surface area contributed by atoms with Crippen LogP contribution < -0.4 is 5.32 Å². The van der Waals surface area contributed by atoms with Crippen molar-refractivity contribution in [1.29, 1.82) is 0 Å². The molecular formula is C16H22BrNO3. The second-order valence-electron chi connectivity index (χ2n) is 5.91. The lowest BCUT2D eigenvalue weighted by atomic mass is 9.97. The van der Waals surface area contributed by atoms with Gasteiger partial charge in [0, 0.05) is 22.9 Å². The van der Waals surface area contributed by atoms with Crippen LogP contribution in [0.5, 0.6) is 0 Å². The van der Waals surface area contributed by atoms with E-state index in [0.29, 0.717) is 19.3 Å². The lowest BCUT2D eigenvalue weighted by Crippen LogP contribution is -2.43. The van der Waals surface area contributed by atoms with E-state index in [1.54, 1.807) is 0 Å². The van der Waals surface area contributed by atoms with Crippen molar-refractivity contribution in [3.63, 3.8) is 0 Å². The largest absolute Gasteiger partial charge is 0.481 e. The normalized spacial score (nSPS) is 11.2. The number of carbonyl (C=O) groups excluding carboxylic acids is 1. The van der Waals surface area contributed by atoms with Gasteiger partial charge < -0.3 is 10.4 Å². The van der Waals surface area contributed by atoms with Gasteiger partial charge in [-0.1, -0.05) is 28.1 Å². The Kier molecular flexibility index (Phi) is 6.40. The number of hydrogen-bond acceptors (Lipinski definition) is 2. The van der Waals surface area contributed by atoms with Crippen LogP contribution in [0.25, 0.3) is 0 Å². The van der Waals surface area contributed by atoms with Gasteiger partial charge in [0.15, 0.2) is 0 Å². The zero-order chi connectivity index (χ0) is 16.0. The van der Waals surface area contributed by atoms with Gasteiger partial charge in [-0.3, -0.25) is 9.59 Å². The number of carbonyl (C=O) groups is 2. The van der Waals surface area contributed by atoms with E-state index in [0.717, 1.165) is 15.6 Å². The Bertz CT molecular complexity index is 526. The highest BCUT2D eigenvalue weighted by Gasteiger charge is 2.21. The van der Waals surface area contributed by atoms with Crippen molar-refractivity contribution in [2.45, 2.75) is 52.0 Å². The Morgan fingerprint density at radius 3 is 2.52 bits per heavy atom. The van der Waals surface area contributed by atoms with E-state index in [4.69, 9.17) is 5.11 Å². The molecule has 0 aliphatic heterocycles. The van der Waals surface area contributed by atoms with E-state index in [2.05, 4.69) is 27.3 Å². The van der Waals surface area contributed by atoms with E-state index >= 15 is 0 Å². The predicted octanol–water partition coefficient (Wildman–Crippen LogP) is 3.45. The standard InChI is InChI=1S/C16H22BrNO3/c1-11-10-12(4-6-13(11)17)5-7-14(19)18-16(2,3)9-8-15(20)21/h4,6,10H,5,7-9H2,1-3H3,(H,18,19)(H,20,21). The van der Waals surface area contributed by atoms with E-state index in [9.17, 15) is 9.59 Å². The molecule has 1 rings (SSSR count). The lowest BCUT2D eigenvalue weighted by molar-refractivity contribution is -0.137. The first kappa shape index (κ1) is 17.7. The maximum atomic E-state index is 12.0. The summed E-state index contributed by atoms with van der Waals surface area (Å²) in [5.74, 6) is -0.895. The minimum Gasteiger partial charge on any atom is -0.481 e. The molecule has 0 spiro atoms. The van der Waals surface area contributed by atoms with Gasteiger partial charge in [-0.05, 0) is 50.8 Å². The van der Waals surface area contributed by atoms with Gasteiger partial charge >= 0.3 is 5.97 Å². The van der Waals surface area contributed by atoms with Crippen molar-refractivity contribution in [2.24, 2.45) is 0 Å². The van der Waals surface area contributed by atoms with Gasteiger partial charge in [0.1, 0.15) is 0 Å². The average molecular weight is 356 g/mol. The molecule has 1 aromatic rings. The number of amides is 1. The number of nitrogens with one attached hydrogen (secondary N) is 1. The van der Waals surface area contributed by atoms with Gasteiger partial charge in [-0.15, -0.1) is 0 Å². The molecule has 116 valence electrons. The molecular weight excluding hydrogens is 334 g/mol. The van der Waals surface area contributed by atoms with E-state index in [1.165, 1.54) is 0 Å². The van der Waals surface area contributed by atoms with E-state index in [1.807, 2.05) is 32.9 Å². The van der Waals surface area contributed by atoms with Crippen molar-refractivity contribution >= 4 is 27.8 Å². The number of aryl methyl sites for hydroxylation is 2. The van der Waals surface area contributed by atoms with E-state index < -0.39 is 11.5 Å². The van der Waals surface area contributed by atoms with Crippen molar-refractivity contribution in [1.82, 2.24) is 5.32 Å². The first-order valence-corrected chi connectivity index (χ1v) is 7.77. The molecule has 0 saturated carbocycles. The Labute approximate surface area is 134 Å². The van der Waals surface area contributed by atoms with Crippen LogP contribution in [0.3, 0.4) is 0 Å². The number of halogens is 1. The van der Waals surface area contributed by atoms with Gasteiger partial charge in [-0.25, -0.2) is 0 Å². The van der Waals surface area contributed by atoms with Gasteiger partial charge in [0.2, 0.25) is 5.91 Å². The molecule has 1 amide bonds. The third kappa shape index (κ3) is 6.76. The van der Waals surface area contributed by atoms with Crippen LogP contribution in [-0.4, -0.2) is 22.5 Å². The Hall–Kier alpha value is -1.36. The summed E-state index contributed by atoms with van der Waals surface area (Å²) in [5, 5.41) is 11.6. The molecule has 1 aromatic carbocycles. The van der Waals surface area contributed by atoms with Crippen LogP contribution >= 0.6 is 15.9 Å². The third-order valence-corrected chi connectivity index (χ3v) is 4.19. The number of benzene rings is 1. The molecule has 0 atom stereocenters. The zero-order valence-corrected chi connectivity index (χ0v) is 14.3. The molecule has 0 unspecified atom stereocenters. The smallest absolute Gasteiger partial charge is 0.303 e. The first-order chi connectivity index (χ1) is 9.69. The number of hydrogen-bond donors (Lipinski definition) is 2. The van der Waals surface area contributed by atoms with Crippen LogP contribution in [0.4, 0.5) is 0 Å². The summed E-state index contributed by atoms with van der Waals surface area (Å²) < 4.78 is 1.06. The Morgan fingerprint density at radius 2 is 1.95 bits per heavy atom. The van der Waals surface area contributed by atoms with Crippen LogP contribution in [0.1, 0.15) is 44.2 Å². The molecule has 0 saturated heterocycles. The molecule has 5 heteroatoms. The summed E-state index contributed by atoms with van der Waals surface area (Å²) in [4.78, 5) is 22.5. The summed E-state index contributed by atoms with van der Waals surface area (Å²) >= 11 is 3.45. The third-order valence-electron chi connectivity index (χ3n) is 3.30. The molecule has 0 aromatic heterocycles. The summed E-state index contributed by atoms with van der Waals surface area (Å²) in [6, 6.07) is 6.05. The first-order valence-electron chi connectivity index (χ1n) is 6.97. The van der Waals surface area contributed by atoms with Crippen molar-refractivity contribution in [2.75, 3.05) is 0 Å². The number of rotatable bonds is 7. The van der Waals surface area contributed by atoms with E-state index in [-0.39, 0.29) is 12.3 Å². The molecule has 0 aliphatic carbocycles.